The van der Waals surface area contributed by atoms with E-state index in [1.165, 1.54) is 88.5 Å². The van der Waals surface area contributed by atoms with Crippen LogP contribution in [0.1, 0.15) is 64.4 Å². The Labute approximate surface area is 254 Å². The molecule has 4 nitrogen and oxygen atoms in total. The zero-order valence-corrected chi connectivity index (χ0v) is 26.2. The highest BCUT2D eigenvalue weighted by Gasteiger charge is 2.18. The molecule has 0 atom stereocenters. The summed E-state index contributed by atoms with van der Waals surface area (Å²) in [5.74, 6) is 0. The Morgan fingerprint density at radius 3 is 2.15 bits per heavy atom. The van der Waals surface area contributed by atoms with Crippen LogP contribution in [0.2, 0.25) is 0 Å². The van der Waals surface area contributed by atoms with Crippen molar-refractivity contribution in [2.75, 3.05) is 11.9 Å². The first-order valence-electron chi connectivity index (χ1n) is 14.8. The number of hydrogen-bond donors (Lipinski definition) is 1. The van der Waals surface area contributed by atoms with Crippen molar-refractivity contribution in [1.82, 2.24) is 13.7 Å². The Kier molecular flexibility index (Phi) is 9.04. The monoisotopic (exact) mass is 596 g/mol. The van der Waals surface area contributed by atoms with Gasteiger partial charge in [-0.05, 0) is 60.2 Å². The second kappa shape index (κ2) is 13.2. The van der Waals surface area contributed by atoms with Crippen molar-refractivity contribution in [3.8, 4) is 32.1 Å². The topological polar surface area (TPSA) is 50.7 Å². The molecular weight excluding hydrogens is 561 g/mol. The molecule has 7 heteroatoms. The van der Waals surface area contributed by atoms with E-state index in [2.05, 4.69) is 88.6 Å². The fourth-order valence-corrected chi connectivity index (χ4v) is 8.19. The quantitative estimate of drug-likeness (QED) is 0.135. The normalized spacial score (nSPS) is 11.6. The summed E-state index contributed by atoms with van der Waals surface area (Å²) in [4.78, 5) is 7.39. The van der Waals surface area contributed by atoms with Crippen molar-refractivity contribution in [3.05, 3.63) is 72.4 Å². The third-order valence-corrected chi connectivity index (χ3v) is 10.5. The zero-order valence-electron chi connectivity index (χ0n) is 23.8. The Morgan fingerprint density at radius 2 is 1.37 bits per heavy atom. The maximum atomic E-state index is 4.93. The van der Waals surface area contributed by atoms with Crippen molar-refractivity contribution < 1.29 is 0 Å². The largest absolute Gasteiger partial charge is 0.385 e. The van der Waals surface area contributed by atoms with Gasteiger partial charge < -0.3 is 5.32 Å². The van der Waals surface area contributed by atoms with Crippen LogP contribution < -0.4 is 5.32 Å². The van der Waals surface area contributed by atoms with Gasteiger partial charge in [0.15, 0.2) is 0 Å². The van der Waals surface area contributed by atoms with Gasteiger partial charge in [0.25, 0.3) is 0 Å². The number of pyridine rings is 1. The molecule has 0 aliphatic rings. The van der Waals surface area contributed by atoms with E-state index in [9.17, 15) is 0 Å². The molecule has 0 fully saturated rings. The molecule has 6 aromatic rings. The van der Waals surface area contributed by atoms with Gasteiger partial charge >= 0.3 is 0 Å². The molecule has 0 radical (unpaired) electrons. The average Bonchev–Trinajstić information content (AvgIpc) is 3.74. The molecule has 0 saturated heterocycles. The predicted octanol–water partition coefficient (Wildman–Crippen LogP) is 11.1. The lowest BCUT2D eigenvalue weighted by molar-refractivity contribution is 0.685. The predicted molar refractivity (Wildman–Crippen MR) is 181 cm³/mol. The highest BCUT2D eigenvalue weighted by atomic mass is 32.1. The number of fused-ring (bicyclic) bond motifs is 2. The molecule has 0 bridgehead atoms. The minimum atomic E-state index is 0.887. The second-order valence-corrected chi connectivity index (χ2v) is 13.3. The molecule has 0 unspecified atom stereocenters. The molecule has 4 heterocycles. The van der Waals surface area contributed by atoms with E-state index in [4.69, 9.17) is 4.98 Å². The van der Waals surface area contributed by atoms with Gasteiger partial charge in [0.2, 0.25) is 0 Å². The van der Waals surface area contributed by atoms with Crippen molar-refractivity contribution in [3.63, 3.8) is 0 Å². The molecule has 4 aromatic heterocycles. The Morgan fingerprint density at radius 1 is 0.683 bits per heavy atom. The first-order valence-corrected chi connectivity index (χ1v) is 17.2. The lowest BCUT2D eigenvalue weighted by atomic mass is 10.0. The molecule has 0 saturated carbocycles. The SMILES string of the molecule is CCCCCCNc1ccc(-c2cnc(-c3cc4sc(-c5ccc(CCCCC)cc5)cc4s3)c3nsnc23)cc1. The number of thiophene rings is 2. The standard InChI is InChI=1S/C34H36N4S3/c1-3-5-7-9-19-35-26-17-15-24(16-18-26)27-22-36-33(34-32(27)37-41-38-34)31-21-30-29(40-31)20-28(39-30)25-13-11-23(12-14-25)10-8-6-4-2/h11-18,20-22,35H,3-10,19H2,1-2H3. The third kappa shape index (κ3) is 6.37. The zero-order chi connectivity index (χ0) is 28.0. The lowest BCUT2D eigenvalue weighted by Gasteiger charge is -2.08. The maximum Gasteiger partial charge on any atom is 0.132 e. The highest BCUT2D eigenvalue weighted by Crippen LogP contribution is 2.43. The molecular formula is C34H36N4S3. The van der Waals surface area contributed by atoms with Crippen molar-refractivity contribution >= 4 is 60.5 Å². The summed E-state index contributed by atoms with van der Waals surface area (Å²) in [6.07, 6.45) is 12.0. The first-order chi connectivity index (χ1) is 20.2. The number of nitrogens with zero attached hydrogens (tertiary/aromatic N) is 3. The van der Waals surface area contributed by atoms with Crippen molar-refractivity contribution in [2.24, 2.45) is 0 Å². The van der Waals surface area contributed by atoms with E-state index in [-0.39, 0.29) is 0 Å². The Balaban J connectivity index is 1.19. The number of benzene rings is 2. The number of aryl methyl sites for hydroxylation is 1. The summed E-state index contributed by atoms with van der Waals surface area (Å²) in [5, 5.41) is 3.54. The van der Waals surface area contributed by atoms with Gasteiger partial charge in [0.1, 0.15) is 16.7 Å². The molecule has 0 aliphatic heterocycles. The molecule has 6 rings (SSSR count). The summed E-state index contributed by atoms with van der Waals surface area (Å²) >= 11 is 4.91. The summed E-state index contributed by atoms with van der Waals surface area (Å²) in [6, 6.07) is 22.4. The summed E-state index contributed by atoms with van der Waals surface area (Å²) in [7, 11) is 0. The fourth-order valence-electron chi connectivity index (χ4n) is 5.23. The van der Waals surface area contributed by atoms with E-state index >= 15 is 0 Å². The average molecular weight is 597 g/mol. The molecule has 0 aliphatic carbocycles. The van der Waals surface area contributed by atoms with E-state index < -0.39 is 0 Å². The van der Waals surface area contributed by atoms with Crippen LogP contribution in [0.4, 0.5) is 5.69 Å². The van der Waals surface area contributed by atoms with Gasteiger partial charge in [-0.15, -0.1) is 22.7 Å². The third-order valence-electron chi connectivity index (χ3n) is 7.59. The van der Waals surface area contributed by atoms with Crippen molar-refractivity contribution in [1.29, 1.82) is 0 Å². The number of nitrogens with one attached hydrogen (secondary N) is 1. The van der Waals surface area contributed by atoms with E-state index in [1.807, 2.05) is 17.5 Å². The first kappa shape index (κ1) is 28.0. The van der Waals surface area contributed by atoms with Crippen LogP contribution in [0.3, 0.4) is 0 Å². The lowest BCUT2D eigenvalue weighted by Crippen LogP contribution is -2.01. The molecule has 41 heavy (non-hydrogen) atoms. The number of anilines is 1. The van der Waals surface area contributed by atoms with Crippen LogP contribution in [0, 0.1) is 0 Å². The summed E-state index contributed by atoms with van der Waals surface area (Å²) < 4.78 is 12.0. The second-order valence-electron chi connectivity index (χ2n) is 10.7. The van der Waals surface area contributed by atoms with Crippen LogP contribution in [0.15, 0.2) is 66.9 Å². The van der Waals surface area contributed by atoms with Crippen LogP contribution in [0.5, 0.6) is 0 Å². The maximum absolute atomic E-state index is 4.93. The van der Waals surface area contributed by atoms with Crippen LogP contribution in [0.25, 0.3) is 52.6 Å². The van der Waals surface area contributed by atoms with Crippen LogP contribution >= 0.6 is 34.4 Å². The van der Waals surface area contributed by atoms with Gasteiger partial charge in [-0.2, -0.15) is 8.75 Å². The van der Waals surface area contributed by atoms with E-state index in [0.29, 0.717) is 0 Å². The smallest absolute Gasteiger partial charge is 0.132 e. The fraction of sp³-hybridized carbons (Fsp3) is 0.324. The minimum absolute atomic E-state index is 0.887. The molecule has 0 spiro atoms. The van der Waals surface area contributed by atoms with E-state index in [1.54, 1.807) is 11.3 Å². The van der Waals surface area contributed by atoms with Gasteiger partial charge in [-0.1, -0.05) is 82.3 Å². The number of hydrogen-bond acceptors (Lipinski definition) is 7. The number of unbranched alkanes of at least 4 members (excludes halogenated alkanes) is 5. The summed E-state index contributed by atoms with van der Waals surface area (Å²) in [6.45, 7) is 5.52. The summed E-state index contributed by atoms with van der Waals surface area (Å²) in [5.41, 5.74) is 8.78. The van der Waals surface area contributed by atoms with Gasteiger partial charge in [-0.25, -0.2) is 0 Å². The van der Waals surface area contributed by atoms with Crippen LogP contribution in [-0.2, 0) is 6.42 Å². The molecule has 0 amide bonds. The van der Waals surface area contributed by atoms with Gasteiger partial charge in [0.05, 0.1) is 16.6 Å². The van der Waals surface area contributed by atoms with E-state index in [0.717, 1.165) is 45.0 Å². The number of rotatable bonds is 13. The Bertz CT molecular complexity index is 1680. The van der Waals surface area contributed by atoms with Gasteiger partial charge in [0, 0.05) is 38.3 Å². The Hall–Kier alpha value is -3.13. The molecule has 1 N–H and O–H groups in total. The molecule has 2 aromatic carbocycles. The highest BCUT2D eigenvalue weighted by molar-refractivity contribution is 7.31. The number of aromatic nitrogens is 3. The van der Waals surface area contributed by atoms with Crippen LogP contribution in [-0.4, -0.2) is 20.3 Å². The minimum Gasteiger partial charge on any atom is -0.385 e. The van der Waals surface area contributed by atoms with Gasteiger partial charge in [-0.3, -0.25) is 4.98 Å². The molecule has 210 valence electrons. The van der Waals surface area contributed by atoms with Crippen molar-refractivity contribution in [2.45, 2.75) is 65.2 Å².